The number of nitrogens with one attached hydrogen (secondary N) is 1. The van der Waals surface area contributed by atoms with Crippen molar-refractivity contribution in [1.29, 1.82) is 0 Å². The number of hydrogen-bond acceptors (Lipinski definition) is 7. The van der Waals surface area contributed by atoms with Gasteiger partial charge in [-0.1, -0.05) is 0 Å². The number of methoxy groups -OCH3 is 1. The van der Waals surface area contributed by atoms with Gasteiger partial charge in [0.25, 0.3) is 6.01 Å². The minimum absolute atomic E-state index is 0.0630. The van der Waals surface area contributed by atoms with E-state index in [4.69, 9.17) is 13.9 Å². The summed E-state index contributed by atoms with van der Waals surface area (Å²) >= 11 is 0. The van der Waals surface area contributed by atoms with Crippen molar-refractivity contribution in [1.82, 2.24) is 4.98 Å². The fourth-order valence-corrected chi connectivity index (χ4v) is 4.81. The lowest BCUT2D eigenvalue weighted by Gasteiger charge is -2.13. The minimum atomic E-state index is -3.53. The van der Waals surface area contributed by atoms with Gasteiger partial charge in [0.1, 0.15) is 11.6 Å². The van der Waals surface area contributed by atoms with Crippen molar-refractivity contribution >= 4 is 21.5 Å². The molecule has 0 bridgehead atoms. The summed E-state index contributed by atoms with van der Waals surface area (Å²) in [7, 11) is -2.05. The Hall–Kier alpha value is -2.91. The van der Waals surface area contributed by atoms with E-state index in [-0.39, 0.29) is 28.6 Å². The van der Waals surface area contributed by atoms with Crippen LogP contribution in [0, 0.1) is 5.82 Å². The monoisotopic (exact) mass is 432 g/mol. The Morgan fingerprint density at radius 2 is 2.03 bits per heavy atom. The maximum Gasteiger partial charge on any atom is 0.299 e. The number of aromatic nitrogens is 1. The molecule has 158 valence electrons. The molecule has 30 heavy (non-hydrogen) atoms. The van der Waals surface area contributed by atoms with Gasteiger partial charge in [-0.25, -0.2) is 17.8 Å². The molecule has 3 aromatic rings. The summed E-state index contributed by atoms with van der Waals surface area (Å²) in [6, 6.07) is 10.6. The van der Waals surface area contributed by atoms with Gasteiger partial charge in [-0.15, -0.1) is 0 Å². The number of oxazole rings is 1. The van der Waals surface area contributed by atoms with Gasteiger partial charge in [-0.2, -0.15) is 0 Å². The van der Waals surface area contributed by atoms with E-state index in [1.807, 2.05) is 0 Å². The van der Waals surface area contributed by atoms with Crippen LogP contribution in [0.1, 0.15) is 12.8 Å². The van der Waals surface area contributed by atoms with Gasteiger partial charge < -0.3 is 19.2 Å². The molecular weight excluding hydrogens is 411 g/mol. The third-order valence-corrected chi connectivity index (χ3v) is 6.62. The Bertz CT molecular complexity index is 1120. The fourth-order valence-electron chi connectivity index (χ4n) is 3.29. The van der Waals surface area contributed by atoms with E-state index in [9.17, 15) is 12.8 Å². The van der Waals surface area contributed by atoms with Crippen LogP contribution in [0.4, 0.5) is 16.1 Å². The van der Waals surface area contributed by atoms with Gasteiger partial charge in [0.05, 0.1) is 35.7 Å². The Kier molecular flexibility index (Phi) is 5.74. The zero-order valence-corrected chi connectivity index (χ0v) is 17.1. The molecule has 1 aromatic heterocycles. The molecule has 9 heteroatoms. The minimum Gasteiger partial charge on any atom is -0.495 e. The number of sulfone groups is 1. The average Bonchev–Trinajstić information content (AvgIpc) is 3.40. The van der Waals surface area contributed by atoms with Crippen LogP contribution in [0.5, 0.6) is 5.75 Å². The molecule has 0 saturated carbocycles. The van der Waals surface area contributed by atoms with Gasteiger partial charge in [-0.05, 0) is 55.3 Å². The number of anilines is 2. The molecule has 1 aliphatic rings. The van der Waals surface area contributed by atoms with Gasteiger partial charge in [0.2, 0.25) is 0 Å². The van der Waals surface area contributed by atoms with Crippen LogP contribution in [0.25, 0.3) is 11.3 Å². The lowest BCUT2D eigenvalue weighted by atomic mass is 10.2. The summed E-state index contributed by atoms with van der Waals surface area (Å²) in [5.74, 6) is 0.473. The molecule has 4 rings (SSSR count). The molecule has 0 amide bonds. The summed E-state index contributed by atoms with van der Waals surface area (Å²) in [4.78, 5) is 4.32. The molecule has 7 nitrogen and oxygen atoms in total. The maximum atomic E-state index is 13.1. The molecule has 2 heterocycles. The van der Waals surface area contributed by atoms with Crippen LogP contribution in [0.3, 0.4) is 0 Å². The van der Waals surface area contributed by atoms with Gasteiger partial charge >= 0.3 is 0 Å². The molecule has 1 fully saturated rings. The van der Waals surface area contributed by atoms with Gasteiger partial charge in [0, 0.05) is 12.2 Å². The van der Waals surface area contributed by atoms with Crippen LogP contribution in [0.15, 0.2) is 58.0 Å². The predicted octanol–water partition coefficient (Wildman–Crippen LogP) is 4.19. The molecule has 0 radical (unpaired) electrons. The highest BCUT2D eigenvalue weighted by Gasteiger charge is 2.25. The van der Waals surface area contributed by atoms with Gasteiger partial charge in [-0.3, -0.25) is 0 Å². The van der Waals surface area contributed by atoms with E-state index in [0.29, 0.717) is 29.4 Å². The zero-order chi connectivity index (χ0) is 21.1. The van der Waals surface area contributed by atoms with Crippen molar-refractivity contribution in [2.75, 3.05) is 24.8 Å². The third kappa shape index (κ3) is 4.47. The SMILES string of the molecule is COc1ccc(S(=O)(=O)CC2CCCO2)cc1Nc1ncc(-c2ccc(F)cc2)o1. The average molecular weight is 432 g/mol. The van der Waals surface area contributed by atoms with Crippen LogP contribution in [-0.2, 0) is 14.6 Å². The maximum absolute atomic E-state index is 13.1. The van der Waals surface area contributed by atoms with E-state index in [2.05, 4.69) is 10.3 Å². The quantitative estimate of drug-likeness (QED) is 0.599. The van der Waals surface area contributed by atoms with E-state index < -0.39 is 9.84 Å². The summed E-state index contributed by atoms with van der Waals surface area (Å²) < 4.78 is 55.2. The first-order valence-corrected chi connectivity index (χ1v) is 11.1. The van der Waals surface area contributed by atoms with Crippen molar-refractivity contribution in [3.8, 4) is 17.1 Å². The largest absolute Gasteiger partial charge is 0.495 e. The van der Waals surface area contributed by atoms with E-state index in [1.54, 1.807) is 18.2 Å². The van der Waals surface area contributed by atoms with E-state index >= 15 is 0 Å². The summed E-state index contributed by atoms with van der Waals surface area (Å²) in [6.45, 7) is 0.593. The van der Waals surface area contributed by atoms with Crippen LogP contribution in [-0.4, -0.2) is 39.0 Å². The van der Waals surface area contributed by atoms with E-state index in [0.717, 1.165) is 12.8 Å². The fraction of sp³-hybridized carbons (Fsp3) is 0.286. The Morgan fingerprint density at radius 1 is 1.23 bits per heavy atom. The predicted molar refractivity (Wildman–Crippen MR) is 109 cm³/mol. The third-order valence-electron chi connectivity index (χ3n) is 4.84. The van der Waals surface area contributed by atoms with Crippen LogP contribution < -0.4 is 10.1 Å². The summed E-state index contributed by atoms with van der Waals surface area (Å²) in [5.41, 5.74) is 1.07. The smallest absolute Gasteiger partial charge is 0.299 e. The second kappa shape index (κ2) is 8.45. The molecule has 2 aromatic carbocycles. The second-order valence-corrected chi connectivity index (χ2v) is 8.97. The van der Waals surface area contributed by atoms with Crippen LogP contribution in [0.2, 0.25) is 0 Å². The number of rotatable bonds is 7. The Balaban J connectivity index is 1.57. The van der Waals surface area contributed by atoms with Crippen molar-refractivity contribution in [2.24, 2.45) is 0 Å². The topological polar surface area (TPSA) is 90.7 Å². The molecular formula is C21H21FN2O5S. The number of ether oxygens (including phenoxy) is 2. The summed E-state index contributed by atoms with van der Waals surface area (Å²) in [5, 5.41) is 2.96. The van der Waals surface area contributed by atoms with Crippen molar-refractivity contribution in [3.63, 3.8) is 0 Å². The normalized spacial score (nSPS) is 16.5. The van der Waals surface area contributed by atoms with Gasteiger partial charge in [0.15, 0.2) is 15.6 Å². The Labute approximate surface area is 173 Å². The number of halogens is 1. The highest BCUT2D eigenvalue weighted by molar-refractivity contribution is 7.91. The second-order valence-electron chi connectivity index (χ2n) is 6.94. The molecule has 1 atom stereocenters. The highest BCUT2D eigenvalue weighted by atomic mass is 32.2. The molecule has 1 aliphatic heterocycles. The molecule has 0 aliphatic carbocycles. The molecule has 0 spiro atoms. The first-order valence-electron chi connectivity index (χ1n) is 9.46. The summed E-state index contributed by atoms with van der Waals surface area (Å²) in [6.07, 6.45) is 2.83. The first kappa shape index (κ1) is 20.4. The highest BCUT2D eigenvalue weighted by Crippen LogP contribution is 2.32. The molecule has 1 N–H and O–H groups in total. The first-order chi connectivity index (χ1) is 14.4. The lowest BCUT2D eigenvalue weighted by molar-refractivity contribution is 0.127. The molecule has 1 unspecified atom stereocenters. The lowest BCUT2D eigenvalue weighted by Crippen LogP contribution is -2.20. The van der Waals surface area contributed by atoms with Crippen molar-refractivity contribution in [3.05, 3.63) is 54.5 Å². The number of nitrogens with zero attached hydrogens (tertiary/aromatic N) is 1. The van der Waals surface area contributed by atoms with Crippen LogP contribution >= 0.6 is 0 Å². The zero-order valence-electron chi connectivity index (χ0n) is 16.3. The van der Waals surface area contributed by atoms with Crippen molar-refractivity contribution in [2.45, 2.75) is 23.8 Å². The van der Waals surface area contributed by atoms with E-state index in [1.165, 1.54) is 37.6 Å². The van der Waals surface area contributed by atoms with Crippen molar-refractivity contribution < 1.29 is 26.7 Å². The Morgan fingerprint density at radius 3 is 2.73 bits per heavy atom. The number of hydrogen-bond donors (Lipinski definition) is 1. The number of benzene rings is 2. The molecule has 1 saturated heterocycles. The standard InChI is InChI=1S/C21H21FN2O5S/c1-27-19-9-8-17(30(25,26)13-16-3-2-10-28-16)11-18(19)24-21-23-12-20(29-21)14-4-6-15(22)7-5-14/h4-9,11-12,16H,2-3,10,13H2,1H3,(H,23,24).